The summed E-state index contributed by atoms with van der Waals surface area (Å²) in [4.78, 5) is 11.8. The van der Waals surface area contributed by atoms with E-state index in [9.17, 15) is 4.79 Å². The Bertz CT molecular complexity index is 760. The lowest BCUT2D eigenvalue weighted by molar-refractivity contribution is -0.123. The van der Waals surface area contributed by atoms with Gasteiger partial charge in [-0.05, 0) is 54.8 Å². The third-order valence-corrected chi connectivity index (χ3v) is 3.79. The van der Waals surface area contributed by atoms with E-state index in [-0.39, 0.29) is 12.5 Å². The molecule has 6 heteroatoms. The SMILES string of the molecule is COc1ccc(/C=N\NC(=O)COc2cccc(C)c2C)cc1Cl. The van der Waals surface area contributed by atoms with Crippen LogP contribution in [0, 0.1) is 13.8 Å². The van der Waals surface area contributed by atoms with E-state index >= 15 is 0 Å². The molecular formula is C18H19ClN2O3. The first-order valence-electron chi connectivity index (χ1n) is 7.35. The van der Waals surface area contributed by atoms with Gasteiger partial charge < -0.3 is 9.47 Å². The van der Waals surface area contributed by atoms with Gasteiger partial charge in [0.1, 0.15) is 11.5 Å². The molecule has 1 amide bonds. The van der Waals surface area contributed by atoms with Crippen LogP contribution in [0.25, 0.3) is 0 Å². The summed E-state index contributed by atoms with van der Waals surface area (Å²) >= 11 is 6.02. The van der Waals surface area contributed by atoms with Crippen molar-refractivity contribution in [2.24, 2.45) is 5.10 Å². The van der Waals surface area contributed by atoms with Crippen LogP contribution in [0.2, 0.25) is 5.02 Å². The Balaban J connectivity index is 1.86. The lowest BCUT2D eigenvalue weighted by Gasteiger charge is -2.09. The third-order valence-electron chi connectivity index (χ3n) is 3.49. The fourth-order valence-corrected chi connectivity index (χ4v) is 2.26. The molecule has 0 aliphatic carbocycles. The number of carbonyl (C=O) groups is 1. The number of halogens is 1. The number of amides is 1. The number of aryl methyl sites for hydroxylation is 1. The quantitative estimate of drug-likeness (QED) is 0.643. The van der Waals surface area contributed by atoms with Crippen LogP contribution in [0.3, 0.4) is 0 Å². The highest BCUT2D eigenvalue weighted by Crippen LogP contribution is 2.24. The number of ether oxygens (including phenoxy) is 2. The highest BCUT2D eigenvalue weighted by molar-refractivity contribution is 6.32. The Kier molecular flexibility index (Phi) is 6.21. The fraction of sp³-hybridized carbons (Fsp3) is 0.222. The van der Waals surface area contributed by atoms with Gasteiger partial charge in [-0.3, -0.25) is 4.79 Å². The number of carbonyl (C=O) groups excluding carboxylic acids is 1. The topological polar surface area (TPSA) is 59.9 Å². The second-order valence-corrected chi connectivity index (χ2v) is 5.58. The van der Waals surface area contributed by atoms with Gasteiger partial charge in [-0.25, -0.2) is 5.43 Å². The largest absolute Gasteiger partial charge is 0.495 e. The predicted octanol–water partition coefficient (Wildman–Crippen LogP) is 3.49. The van der Waals surface area contributed by atoms with Gasteiger partial charge in [0.15, 0.2) is 6.61 Å². The standard InChI is InChI=1S/C18H19ClN2O3/c1-12-5-4-6-16(13(12)2)24-11-18(22)21-20-10-14-7-8-17(23-3)15(19)9-14/h4-10H,11H2,1-3H3,(H,21,22)/b20-10-. The lowest BCUT2D eigenvalue weighted by Crippen LogP contribution is -2.24. The summed E-state index contributed by atoms with van der Waals surface area (Å²) in [5.74, 6) is 0.933. The molecule has 0 unspecified atom stereocenters. The number of nitrogens with zero attached hydrogens (tertiary/aromatic N) is 1. The van der Waals surface area contributed by atoms with E-state index in [0.29, 0.717) is 16.5 Å². The van der Waals surface area contributed by atoms with Crippen LogP contribution in [0.1, 0.15) is 16.7 Å². The predicted molar refractivity (Wildman–Crippen MR) is 95.2 cm³/mol. The Morgan fingerprint density at radius 1 is 1.25 bits per heavy atom. The van der Waals surface area contributed by atoms with Crippen molar-refractivity contribution in [3.63, 3.8) is 0 Å². The van der Waals surface area contributed by atoms with Gasteiger partial charge in [0, 0.05) is 0 Å². The van der Waals surface area contributed by atoms with Gasteiger partial charge in [-0.2, -0.15) is 5.10 Å². The molecular weight excluding hydrogens is 328 g/mol. The Morgan fingerprint density at radius 2 is 2.04 bits per heavy atom. The lowest BCUT2D eigenvalue weighted by atomic mass is 10.1. The van der Waals surface area contributed by atoms with E-state index in [4.69, 9.17) is 21.1 Å². The molecule has 5 nitrogen and oxygen atoms in total. The van der Waals surface area contributed by atoms with Crippen molar-refractivity contribution in [1.82, 2.24) is 5.43 Å². The summed E-state index contributed by atoms with van der Waals surface area (Å²) in [5.41, 5.74) is 5.29. The normalized spacial score (nSPS) is 10.7. The molecule has 0 heterocycles. The molecule has 2 aromatic rings. The highest BCUT2D eigenvalue weighted by Gasteiger charge is 2.05. The van der Waals surface area contributed by atoms with Crippen LogP contribution < -0.4 is 14.9 Å². The van der Waals surface area contributed by atoms with Crippen LogP contribution in [-0.4, -0.2) is 25.8 Å². The fourth-order valence-electron chi connectivity index (χ4n) is 2.00. The maximum atomic E-state index is 11.8. The summed E-state index contributed by atoms with van der Waals surface area (Å²) in [5, 5.41) is 4.36. The first-order valence-corrected chi connectivity index (χ1v) is 7.73. The second-order valence-electron chi connectivity index (χ2n) is 5.17. The van der Waals surface area contributed by atoms with Gasteiger partial charge in [0.25, 0.3) is 5.91 Å². The van der Waals surface area contributed by atoms with Crippen LogP contribution >= 0.6 is 11.6 Å². The van der Waals surface area contributed by atoms with Crippen molar-refractivity contribution < 1.29 is 14.3 Å². The Hall–Kier alpha value is -2.53. The molecule has 0 atom stereocenters. The number of rotatable bonds is 6. The van der Waals surface area contributed by atoms with Gasteiger partial charge in [0.05, 0.1) is 18.3 Å². The van der Waals surface area contributed by atoms with Crippen LogP contribution in [0.4, 0.5) is 0 Å². The smallest absolute Gasteiger partial charge is 0.277 e. The van der Waals surface area contributed by atoms with Crippen molar-refractivity contribution in [2.75, 3.05) is 13.7 Å². The monoisotopic (exact) mass is 346 g/mol. The van der Waals surface area contributed by atoms with E-state index in [0.717, 1.165) is 16.7 Å². The first kappa shape index (κ1) is 17.8. The second kappa shape index (κ2) is 8.36. The van der Waals surface area contributed by atoms with Gasteiger partial charge in [0.2, 0.25) is 0 Å². The van der Waals surface area contributed by atoms with E-state index in [1.807, 2.05) is 32.0 Å². The molecule has 126 valence electrons. The summed E-state index contributed by atoms with van der Waals surface area (Å²) in [6.45, 7) is 3.84. The van der Waals surface area contributed by atoms with Crippen LogP contribution in [0.15, 0.2) is 41.5 Å². The van der Waals surface area contributed by atoms with Crippen molar-refractivity contribution in [1.29, 1.82) is 0 Å². The zero-order valence-electron chi connectivity index (χ0n) is 13.8. The average molecular weight is 347 g/mol. The van der Waals surface area contributed by atoms with Gasteiger partial charge in [-0.15, -0.1) is 0 Å². The number of methoxy groups -OCH3 is 1. The third kappa shape index (κ3) is 4.73. The molecule has 0 aliphatic rings. The molecule has 0 aliphatic heterocycles. The Morgan fingerprint density at radius 3 is 2.75 bits per heavy atom. The molecule has 0 fully saturated rings. The molecule has 0 aromatic heterocycles. The molecule has 0 spiro atoms. The molecule has 1 N–H and O–H groups in total. The molecule has 0 bridgehead atoms. The van der Waals surface area contributed by atoms with Gasteiger partial charge in [-0.1, -0.05) is 23.7 Å². The molecule has 2 rings (SSSR count). The van der Waals surface area contributed by atoms with Crippen molar-refractivity contribution in [2.45, 2.75) is 13.8 Å². The van der Waals surface area contributed by atoms with Crippen LogP contribution in [0.5, 0.6) is 11.5 Å². The summed E-state index contributed by atoms with van der Waals surface area (Å²) in [7, 11) is 1.55. The molecule has 2 aromatic carbocycles. The zero-order chi connectivity index (χ0) is 17.5. The van der Waals surface area contributed by atoms with E-state index < -0.39 is 0 Å². The summed E-state index contributed by atoms with van der Waals surface area (Å²) < 4.78 is 10.6. The molecule has 0 saturated heterocycles. The van der Waals surface area contributed by atoms with Crippen molar-refractivity contribution in [3.05, 3.63) is 58.1 Å². The minimum Gasteiger partial charge on any atom is -0.495 e. The molecule has 24 heavy (non-hydrogen) atoms. The maximum Gasteiger partial charge on any atom is 0.277 e. The molecule has 0 saturated carbocycles. The number of benzene rings is 2. The van der Waals surface area contributed by atoms with E-state index in [1.165, 1.54) is 6.21 Å². The summed E-state index contributed by atoms with van der Waals surface area (Å²) in [6.07, 6.45) is 1.50. The van der Waals surface area contributed by atoms with E-state index in [2.05, 4.69) is 10.5 Å². The minimum absolute atomic E-state index is 0.106. The van der Waals surface area contributed by atoms with E-state index in [1.54, 1.807) is 25.3 Å². The van der Waals surface area contributed by atoms with Gasteiger partial charge >= 0.3 is 0 Å². The number of nitrogens with one attached hydrogen (secondary N) is 1. The van der Waals surface area contributed by atoms with Crippen molar-refractivity contribution >= 4 is 23.7 Å². The van der Waals surface area contributed by atoms with Crippen molar-refractivity contribution in [3.8, 4) is 11.5 Å². The Labute approximate surface area is 146 Å². The molecule has 0 radical (unpaired) electrons. The minimum atomic E-state index is -0.341. The highest BCUT2D eigenvalue weighted by atomic mass is 35.5. The number of hydrazone groups is 1. The average Bonchev–Trinajstić information content (AvgIpc) is 2.56. The first-order chi connectivity index (χ1) is 11.5. The van der Waals surface area contributed by atoms with Crippen LogP contribution in [-0.2, 0) is 4.79 Å². The number of hydrogen-bond acceptors (Lipinski definition) is 4. The zero-order valence-corrected chi connectivity index (χ0v) is 14.6. The number of hydrogen-bond donors (Lipinski definition) is 1. The maximum absolute atomic E-state index is 11.8. The summed E-state index contributed by atoms with van der Waals surface area (Å²) in [6, 6.07) is 10.9.